The molecule has 0 aromatic heterocycles. The number of benzene rings is 1. The highest BCUT2D eigenvalue weighted by atomic mass is 32.2. The van der Waals surface area contributed by atoms with Gasteiger partial charge in [-0.1, -0.05) is 23.9 Å². The third kappa shape index (κ3) is 4.44. The number of hydrogen-bond acceptors (Lipinski definition) is 3. The van der Waals surface area contributed by atoms with Crippen molar-refractivity contribution < 1.29 is 17.4 Å². The van der Waals surface area contributed by atoms with E-state index in [1.165, 1.54) is 0 Å². The smallest absolute Gasteiger partial charge is 0.398 e. The molecule has 0 bridgehead atoms. The first-order chi connectivity index (χ1) is 7.40. The van der Waals surface area contributed by atoms with E-state index in [4.69, 9.17) is 5.73 Å². The van der Waals surface area contributed by atoms with Gasteiger partial charge in [-0.05, 0) is 12.1 Å². The maximum absolute atomic E-state index is 11.8. The van der Waals surface area contributed by atoms with Crippen LogP contribution in [-0.2, 0) is 10.8 Å². The Labute approximate surface area is 97.9 Å². The van der Waals surface area contributed by atoms with Gasteiger partial charge in [0.25, 0.3) is 0 Å². The van der Waals surface area contributed by atoms with Crippen molar-refractivity contribution in [3.63, 3.8) is 0 Å². The molecule has 7 heteroatoms. The number of para-hydroxylation sites is 1. The molecule has 1 aromatic rings. The molecule has 1 rings (SSSR count). The summed E-state index contributed by atoms with van der Waals surface area (Å²) in [6.07, 6.45) is 0. The van der Waals surface area contributed by atoms with Crippen LogP contribution in [0, 0.1) is 0 Å². The summed E-state index contributed by atoms with van der Waals surface area (Å²) in [5, 5.41) is 0. The molecule has 0 aliphatic carbocycles. The summed E-state index contributed by atoms with van der Waals surface area (Å²) in [4.78, 5) is 0.394. The van der Waals surface area contributed by atoms with E-state index in [0.29, 0.717) is 10.6 Å². The number of nitrogen functional groups attached to an aromatic ring is 1. The Morgan fingerprint density at radius 2 is 1.94 bits per heavy atom. The predicted molar refractivity (Wildman–Crippen MR) is 60.6 cm³/mol. The van der Waals surface area contributed by atoms with Crippen molar-refractivity contribution in [1.82, 2.24) is 0 Å². The summed E-state index contributed by atoms with van der Waals surface area (Å²) in [7, 11) is -1.48. The normalized spacial score (nSPS) is 13.7. The largest absolute Gasteiger partial charge is 0.441 e. The minimum Gasteiger partial charge on any atom is -0.398 e. The van der Waals surface area contributed by atoms with Gasteiger partial charge in [-0.15, -0.1) is 0 Å². The van der Waals surface area contributed by atoms with Gasteiger partial charge in [0.05, 0.1) is 15.7 Å². The van der Waals surface area contributed by atoms with Crippen molar-refractivity contribution in [1.29, 1.82) is 0 Å². The average molecular weight is 269 g/mol. The monoisotopic (exact) mass is 269 g/mol. The van der Waals surface area contributed by atoms with Gasteiger partial charge in [0.15, 0.2) is 0 Å². The Morgan fingerprint density at radius 3 is 2.50 bits per heavy atom. The minimum atomic E-state index is -4.27. The molecule has 0 spiro atoms. The molecule has 1 unspecified atom stereocenters. The first-order valence-corrected chi connectivity index (χ1v) is 6.64. The molecule has 2 N–H and O–H groups in total. The second-order valence-corrected chi connectivity index (χ2v) is 5.58. The fourth-order valence-corrected chi connectivity index (χ4v) is 2.98. The number of halogens is 3. The van der Waals surface area contributed by atoms with Crippen molar-refractivity contribution in [3.8, 4) is 0 Å². The second kappa shape index (κ2) is 5.58. The number of rotatable bonds is 4. The Bertz CT molecular complexity index is 381. The molecule has 2 nitrogen and oxygen atoms in total. The van der Waals surface area contributed by atoms with Crippen molar-refractivity contribution >= 4 is 28.2 Å². The number of anilines is 1. The van der Waals surface area contributed by atoms with Crippen molar-refractivity contribution in [2.24, 2.45) is 0 Å². The van der Waals surface area contributed by atoms with Gasteiger partial charge in [0.2, 0.25) is 0 Å². The molecule has 90 valence electrons. The van der Waals surface area contributed by atoms with Gasteiger partial charge in [0, 0.05) is 17.2 Å². The van der Waals surface area contributed by atoms with Crippen LogP contribution in [0.25, 0.3) is 0 Å². The van der Waals surface area contributed by atoms with E-state index in [1.807, 2.05) is 0 Å². The van der Waals surface area contributed by atoms with Crippen LogP contribution in [0.1, 0.15) is 0 Å². The zero-order valence-electron chi connectivity index (χ0n) is 8.16. The van der Waals surface area contributed by atoms with Gasteiger partial charge in [-0.3, -0.25) is 4.21 Å². The van der Waals surface area contributed by atoms with Crippen LogP contribution >= 0.6 is 11.8 Å². The predicted octanol–water partition coefficient (Wildman–Crippen LogP) is 2.63. The maximum Gasteiger partial charge on any atom is 0.441 e. The van der Waals surface area contributed by atoms with Gasteiger partial charge in [-0.25, -0.2) is 0 Å². The van der Waals surface area contributed by atoms with E-state index < -0.39 is 16.3 Å². The second-order valence-electron chi connectivity index (χ2n) is 2.88. The lowest BCUT2D eigenvalue weighted by Gasteiger charge is -2.06. The molecule has 0 aliphatic heterocycles. The Hall–Kier alpha value is -0.690. The van der Waals surface area contributed by atoms with Crippen LogP contribution in [-0.4, -0.2) is 21.2 Å². The topological polar surface area (TPSA) is 43.1 Å². The Kier molecular flexibility index (Phi) is 4.67. The summed E-state index contributed by atoms with van der Waals surface area (Å²) in [6.45, 7) is 0. The van der Waals surface area contributed by atoms with Crippen LogP contribution in [0.15, 0.2) is 29.2 Å². The zero-order chi connectivity index (χ0) is 12.2. The van der Waals surface area contributed by atoms with Crippen molar-refractivity contribution in [2.75, 3.05) is 17.2 Å². The number of thioether (sulfide) groups is 1. The first kappa shape index (κ1) is 13.4. The quantitative estimate of drug-likeness (QED) is 0.854. The van der Waals surface area contributed by atoms with E-state index in [9.17, 15) is 17.4 Å². The van der Waals surface area contributed by atoms with Gasteiger partial charge in [0.1, 0.15) is 0 Å². The van der Waals surface area contributed by atoms with E-state index in [-0.39, 0.29) is 23.3 Å². The lowest BCUT2D eigenvalue weighted by atomic mass is 10.3. The minimum absolute atomic E-state index is 0.0572. The fourth-order valence-electron chi connectivity index (χ4n) is 1.03. The Morgan fingerprint density at radius 1 is 1.31 bits per heavy atom. The summed E-state index contributed by atoms with van der Waals surface area (Å²) in [6, 6.07) is 6.47. The molecule has 0 radical (unpaired) electrons. The number of nitrogens with two attached hydrogens (primary N) is 1. The van der Waals surface area contributed by atoms with Crippen LogP contribution < -0.4 is 5.73 Å². The van der Waals surface area contributed by atoms with Crippen LogP contribution in [0.4, 0.5) is 18.9 Å². The highest BCUT2D eigenvalue weighted by Crippen LogP contribution is 2.30. The highest BCUT2D eigenvalue weighted by molar-refractivity contribution is 8.00. The summed E-state index contributed by atoms with van der Waals surface area (Å²) >= 11 is -0.171. The molecule has 1 aromatic carbocycles. The molecule has 1 atom stereocenters. The summed E-state index contributed by atoms with van der Waals surface area (Å²) in [5.41, 5.74) is 1.63. The lowest BCUT2D eigenvalue weighted by Crippen LogP contribution is -2.08. The molecule has 0 saturated carbocycles. The lowest BCUT2D eigenvalue weighted by molar-refractivity contribution is -0.0326. The van der Waals surface area contributed by atoms with E-state index in [2.05, 4.69) is 0 Å². The van der Waals surface area contributed by atoms with Crippen LogP contribution in [0.3, 0.4) is 0 Å². The summed E-state index contributed by atoms with van der Waals surface area (Å²) < 4.78 is 47.1. The Balaban J connectivity index is 2.51. The number of hydrogen-bond donors (Lipinski definition) is 1. The SMILES string of the molecule is Nc1ccccc1S(=O)CCSC(F)(F)F. The maximum atomic E-state index is 11.8. The third-order valence-electron chi connectivity index (χ3n) is 1.70. The molecular weight excluding hydrogens is 259 g/mol. The van der Waals surface area contributed by atoms with Crippen molar-refractivity contribution in [2.45, 2.75) is 10.4 Å². The fraction of sp³-hybridized carbons (Fsp3) is 0.333. The molecule has 0 saturated heterocycles. The first-order valence-electron chi connectivity index (χ1n) is 4.34. The molecule has 0 amide bonds. The van der Waals surface area contributed by atoms with Crippen LogP contribution in [0.5, 0.6) is 0 Å². The molecule has 0 heterocycles. The molecule has 0 aliphatic rings. The summed E-state index contributed by atoms with van der Waals surface area (Å²) in [5.74, 6) is -0.289. The van der Waals surface area contributed by atoms with Crippen LogP contribution in [0.2, 0.25) is 0 Å². The molecular formula is C9H10F3NOS2. The van der Waals surface area contributed by atoms with Gasteiger partial charge >= 0.3 is 5.51 Å². The van der Waals surface area contributed by atoms with E-state index in [0.717, 1.165) is 0 Å². The molecule has 0 fully saturated rings. The van der Waals surface area contributed by atoms with E-state index in [1.54, 1.807) is 24.3 Å². The highest BCUT2D eigenvalue weighted by Gasteiger charge is 2.27. The van der Waals surface area contributed by atoms with Gasteiger partial charge < -0.3 is 5.73 Å². The van der Waals surface area contributed by atoms with E-state index >= 15 is 0 Å². The molecule has 16 heavy (non-hydrogen) atoms. The van der Waals surface area contributed by atoms with Crippen molar-refractivity contribution in [3.05, 3.63) is 24.3 Å². The third-order valence-corrected chi connectivity index (χ3v) is 4.13. The standard InChI is InChI=1S/C9H10F3NOS2/c10-9(11,12)15-5-6-16(14)8-4-2-1-3-7(8)13/h1-4H,5-6,13H2. The average Bonchev–Trinajstić information content (AvgIpc) is 2.16. The zero-order valence-corrected chi connectivity index (χ0v) is 9.79. The van der Waals surface area contributed by atoms with Gasteiger partial charge in [-0.2, -0.15) is 13.2 Å². The number of alkyl halides is 3.